The van der Waals surface area contributed by atoms with Crippen LogP contribution in [0, 0.1) is 0 Å². The van der Waals surface area contributed by atoms with E-state index >= 15 is 0 Å². The van der Waals surface area contributed by atoms with Gasteiger partial charge in [-0.05, 0) is 71.9 Å². The van der Waals surface area contributed by atoms with Crippen molar-refractivity contribution in [3.05, 3.63) is 384 Å². The van der Waals surface area contributed by atoms with Crippen LogP contribution in [0.25, 0.3) is 0 Å². The predicted molar refractivity (Wildman–Crippen MR) is 459 cm³/mol. The van der Waals surface area contributed by atoms with E-state index in [2.05, 4.69) is 69.3 Å². The topological polar surface area (TPSA) is 185 Å². The Bertz CT molecular complexity index is 4650. The molecule has 1 N–H and O–H groups in total. The summed E-state index contributed by atoms with van der Waals surface area (Å²) < 4.78 is 120. The first kappa shape index (κ1) is 86.8. The van der Waals surface area contributed by atoms with Crippen molar-refractivity contribution < 1.29 is 85.4 Å². The number of hydrogen-bond acceptors (Lipinski definition) is 17. The fourth-order valence-electron chi connectivity index (χ4n) is 15.8. The van der Waals surface area contributed by atoms with Crippen molar-refractivity contribution in [3.63, 3.8) is 0 Å². The summed E-state index contributed by atoms with van der Waals surface area (Å²) in [4.78, 5) is 12.5. The molecule has 0 radical (unpaired) electrons. The molecule has 14 rings (SSSR count). The standard InChI is InChI=1S/C101H110O18Si/c1-101(2,3)120(83-56-33-13-34-57-83,84-58-35-14-36-59-84)114-73-87-91(109-66-78-46-23-8-24-47-78)94(112-69-81-52-29-11-30-53-81)97(119-99-95(113-70-82-54-31-12-32-55-82)92(110-67-79-48-25-9-26-49-79)89(107-64-76-42-19-6-20-43-76)86(116-99)72-105-63-75-40-17-5-18-41-75)100(117-87)118-96-93(111-68-80-50-27-10-28-51-80)90(108-65-77-44-21-7-22-45-77)85(71-104-62-74-38-15-4-16-39-74)115-98(96)106-61-37-60-88(102)103/h4-36,38-59,85-87,89-100H,37,60-73H2,1-3H3,(H,102,103)/t85-,86-,87-,89-,90-,91-,92+,93+,94+,95+,96+,97+,98+,99-,100-/m1/s1. The Balaban J connectivity index is 0.964. The second-order valence-corrected chi connectivity index (χ2v) is 35.8. The molecule has 0 amide bonds. The van der Waals surface area contributed by atoms with E-state index in [1.54, 1.807) is 0 Å². The summed E-state index contributed by atoms with van der Waals surface area (Å²) in [6.45, 7) is 7.82. The van der Waals surface area contributed by atoms with Crippen LogP contribution in [0.3, 0.4) is 0 Å². The zero-order valence-electron chi connectivity index (χ0n) is 68.4. The lowest BCUT2D eigenvalue weighted by Gasteiger charge is -2.52. The molecule has 18 nitrogen and oxygen atoms in total. The third-order valence-corrected chi connectivity index (χ3v) is 26.8. The molecule has 0 spiro atoms. The number of rotatable bonds is 43. The predicted octanol–water partition coefficient (Wildman–Crippen LogP) is 16.9. The SMILES string of the molecule is CC(C)(C)[Si](OC[C@H]1O[C@H](O[C@@H]2[C@@H](OCCCC(=O)O)O[C@H](COCc3ccccc3)[C@@H](OCc3ccccc3)[C@@H]2OCc2ccccc2)[C@@H](O[C@H]2O[C@H](COCc3ccccc3)[C@@H](OCc3ccccc3)[C@H](OCc3ccccc3)[C@@H]2OCc2ccccc2)[C@@H](OCc2ccccc2)[C@@H]1OCc1ccccc1)(c1ccccc1)c1ccccc1. The first-order chi connectivity index (χ1) is 59.0. The van der Waals surface area contributed by atoms with Crippen LogP contribution >= 0.6 is 0 Å². The summed E-state index contributed by atoms with van der Waals surface area (Å²) in [5, 5.41) is 11.8. The zero-order chi connectivity index (χ0) is 82.4. The lowest BCUT2D eigenvalue weighted by molar-refractivity contribution is -0.405. The molecule has 19 heteroatoms. The third-order valence-electron chi connectivity index (χ3n) is 21.8. The molecular formula is C101H110O18Si. The Hall–Kier alpha value is -9.53. The largest absolute Gasteiger partial charge is 0.481 e. The minimum Gasteiger partial charge on any atom is -0.481 e. The maximum atomic E-state index is 12.5. The van der Waals surface area contributed by atoms with Gasteiger partial charge < -0.3 is 80.6 Å². The fourth-order valence-corrected chi connectivity index (χ4v) is 20.4. The summed E-state index contributed by atoms with van der Waals surface area (Å²) in [6, 6.07) is 111. The first-order valence-electron chi connectivity index (χ1n) is 41.7. The van der Waals surface area contributed by atoms with Gasteiger partial charge >= 0.3 is 5.97 Å². The summed E-state index contributed by atoms with van der Waals surface area (Å²) in [7, 11) is -3.45. The van der Waals surface area contributed by atoms with E-state index in [1.807, 2.05) is 285 Å². The highest BCUT2D eigenvalue weighted by molar-refractivity contribution is 6.99. The number of benzene rings is 11. The highest BCUT2D eigenvalue weighted by Gasteiger charge is 2.59. The molecule has 11 aromatic carbocycles. The summed E-state index contributed by atoms with van der Waals surface area (Å²) >= 11 is 0. The van der Waals surface area contributed by atoms with Gasteiger partial charge in [-0.15, -0.1) is 0 Å². The van der Waals surface area contributed by atoms with Crippen LogP contribution in [0.4, 0.5) is 0 Å². The van der Waals surface area contributed by atoms with Gasteiger partial charge in [0.25, 0.3) is 8.32 Å². The van der Waals surface area contributed by atoms with Crippen LogP contribution < -0.4 is 10.4 Å². The molecule has 0 saturated carbocycles. The fraction of sp³-hybridized carbons (Fsp3) is 0.337. The van der Waals surface area contributed by atoms with Crippen LogP contribution in [-0.2, 0) is 140 Å². The number of carboxylic acid groups (broad SMARTS) is 1. The molecule has 626 valence electrons. The van der Waals surface area contributed by atoms with Crippen molar-refractivity contribution in [1.82, 2.24) is 0 Å². The number of hydrogen-bond donors (Lipinski definition) is 1. The Labute approximate surface area is 706 Å². The molecule has 3 heterocycles. The van der Waals surface area contributed by atoms with Crippen LogP contribution in [-0.4, -0.2) is 138 Å². The van der Waals surface area contributed by atoms with Crippen molar-refractivity contribution in [2.75, 3.05) is 26.4 Å². The molecule has 15 atom stereocenters. The van der Waals surface area contributed by atoms with Crippen molar-refractivity contribution >= 4 is 24.7 Å². The number of carboxylic acids is 1. The van der Waals surface area contributed by atoms with E-state index < -0.39 is 111 Å². The minimum atomic E-state index is -3.45. The maximum absolute atomic E-state index is 12.5. The van der Waals surface area contributed by atoms with Gasteiger partial charge in [0.05, 0.1) is 85.9 Å². The molecule has 0 bridgehead atoms. The zero-order valence-corrected chi connectivity index (χ0v) is 69.4. The lowest BCUT2D eigenvalue weighted by atomic mass is 9.95. The summed E-state index contributed by atoms with van der Waals surface area (Å²) in [5.74, 6) is -0.989. The molecule has 3 aliphatic rings. The Morgan fingerprint density at radius 1 is 0.292 bits per heavy atom. The highest BCUT2D eigenvalue weighted by atomic mass is 28.4. The second kappa shape index (κ2) is 44.8. The van der Waals surface area contributed by atoms with Gasteiger partial charge in [0.15, 0.2) is 18.9 Å². The summed E-state index contributed by atoms with van der Waals surface area (Å²) in [5.41, 5.74) is 8.10. The van der Waals surface area contributed by atoms with E-state index in [0.29, 0.717) is 0 Å². The van der Waals surface area contributed by atoms with E-state index in [9.17, 15) is 9.90 Å². The molecule has 0 aliphatic carbocycles. The van der Waals surface area contributed by atoms with Gasteiger partial charge in [0.2, 0.25) is 0 Å². The Kier molecular flexibility index (Phi) is 32.5. The van der Waals surface area contributed by atoms with Gasteiger partial charge in [-0.1, -0.05) is 354 Å². The van der Waals surface area contributed by atoms with Crippen LogP contribution in [0.5, 0.6) is 0 Å². The van der Waals surface area contributed by atoms with Crippen molar-refractivity contribution in [2.24, 2.45) is 0 Å². The second-order valence-electron chi connectivity index (χ2n) is 31.5. The Morgan fingerprint density at radius 2 is 0.533 bits per heavy atom. The van der Waals surface area contributed by atoms with Crippen LogP contribution in [0.15, 0.2) is 334 Å². The van der Waals surface area contributed by atoms with Gasteiger partial charge in [-0.2, -0.15) is 0 Å². The monoisotopic (exact) mass is 1640 g/mol. The van der Waals surface area contributed by atoms with Crippen LogP contribution in [0.2, 0.25) is 5.04 Å². The van der Waals surface area contributed by atoms with E-state index in [-0.39, 0.29) is 98.7 Å². The van der Waals surface area contributed by atoms with E-state index in [1.165, 1.54) is 0 Å². The van der Waals surface area contributed by atoms with Crippen molar-refractivity contribution in [2.45, 2.75) is 190 Å². The van der Waals surface area contributed by atoms with Gasteiger partial charge in [-0.25, -0.2) is 0 Å². The average Bonchev–Trinajstić information content (AvgIpc) is 0.741. The van der Waals surface area contributed by atoms with E-state index in [4.69, 9.17) is 75.5 Å². The first-order valence-corrected chi connectivity index (χ1v) is 43.6. The number of aliphatic carboxylic acids is 1. The molecule has 3 fully saturated rings. The highest BCUT2D eigenvalue weighted by Crippen LogP contribution is 2.43. The molecule has 0 aromatic heterocycles. The molecule has 3 saturated heterocycles. The third kappa shape index (κ3) is 24.2. The van der Waals surface area contributed by atoms with Gasteiger partial charge in [0, 0.05) is 6.42 Å². The average molecular weight is 1640 g/mol. The maximum Gasteiger partial charge on any atom is 0.303 e. The molecule has 3 aliphatic heterocycles. The number of ether oxygens (including phenoxy) is 15. The minimum absolute atomic E-state index is 0.00561. The molecule has 120 heavy (non-hydrogen) atoms. The quantitative estimate of drug-likeness (QED) is 0.0281. The van der Waals surface area contributed by atoms with Crippen LogP contribution in [0.1, 0.15) is 83.7 Å². The molecule has 0 unspecified atom stereocenters. The summed E-state index contributed by atoms with van der Waals surface area (Å²) in [6.07, 6.45) is -17.2. The Morgan fingerprint density at radius 3 is 0.833 bits per heavy atom. The normalized spacial score (nSPS) is 23.3. The lowest BCUT2D eigenvalue weighted by Crippen LogP contribution is -2.70. The van der Waals surface area contributed by atoms with Gasteiger partial charge in [-0.3, -0.25) is 4.79 Å². The number of carbonyl (C=O) groups is 1. The molecular weight excluding hydrogens is 1530 g/mol. The van der Waals surface area contributed by atoms with Crippen molar-refractivity contribution in [1.29, 1.82) is 0 Å². The van der Waals surface area contributed by atoms with E-state index in [0.717, 1.165) is 60.4 Å². The molecule has 11 aromatic rings. The van der Waals surface area contributed by atoms with Gasteiger partial charge in [0.1, 0.15) is 73.2 Å². The smallest absolute Gasteiger partial charge is 0.303 e. The van der Waals surface area contributed by atoms with Crippen molar-refractivity contribution in [3.8, 4) is 0 Å².